The number of aliphatic hydroxyl groups excluding tert-OH is 1. The van der Waals surface area contributed by atoms with Crippen LogP contribution in [0.4, 0.5) is 5.69 Å². The average Bonchev–Trinajstić information content (AvgIpc) is 3.59. The van der Waals surface area contributed by atoms with Crippen molar-refractivity contribution >= 4 is 51.0 Å². The van der Waals surface area contributed by atoms with E-state index in [9.17, 15) is 19.5 Å². The lowest BCUT2D eigenvalue weighted by Gasteiger charge is -2.39. The van der Waals surface area contributed by atoms with Gasteiger partial charge in [-0.25, -0.2) is 0 Å². The number of carbonyl (C=O) groups excluding carboxylic acids is 3. The molecule has 1 spiro atoms. The summed E-state index contributed by atoms with van der Waals surface area (Å²) in [6.45, 7) is 7.42. The van der Waals surface area contributed by atoms with Crippen molar-refractivity contribution in [3.8, 4) is 0 Å². The third-order valence-corrected chi connectivity index (χ3v) is 9.53. The topological polar surface area (TPSA) is 96.4 Å². The van der Waals surface area contributed by atoms with E-state index in [0.717, 1.165) is 5.56 Å². The number of ether oxygens (including phenoxy) is 2. The zero-order valence-electron chi connectivity index (χ0n) is 23.1. The van der Waals surface area contributed by atoms with E-state index in [4.69, 9.17) is 21.1 Å². The highest BCUT2D eigenvalue weighted by Gasteiger charge is 2.77. The Bertz CT molecular complexity index is 1340. The lowest BCUT2D eigenvalue weighted by atomic mass is 9.70. The molecule has 222 valence electrons. The highest BCUT2D eigenvalue weighted by atomic mass is 79.9. The lowest BCUT2D eigenvalue weighted by Crippen LogP contribution is -2.59. The normalized spacial score (nSPS) is 28.3. The fourth-order valence-corrected chi connectivity index (χ4v) is 7.77. The van der Waals surface area contributed by atoms with Crippen LogP contribution in [0.25, 0.3) is 0 Å². The summed E-state index contributed by atoms with van der Waals surface area (Å²) in [5, 5.41) is 11.2. The molecule has 2 aromatic rings. The molecule has 3 aliphatic rings. The van der Waals surface area contributed by atoms with Crippen molar-refractivity contribution in [2.45, 2.75) is 47.9 Å². The molecule has 3 unspecified atom stereocenters. The predicted molar refractivity (Wildman–Crippen MR) is 163 cm³/mol. The number of alkyl halides is 1. The van der Waals surface area contributed by atoms with Gasteiger partial charge in [-0.3, -0.25) is 14.4 Å². The molecule has 0 aliphatic carbocycles. The summed E-state index contributed by atoms with van der Waals surface area (Å²) in [7, 11) is 0. The van der Waals surface area contributed by atoms with E-state index in [1.54, 1.807) is 36.4 Å². The first-order chi connectivity index (χ1) is 20.3. The summed E-state index contributed by atoms with van der Waals surface area (Å²) in [6.07, 6.45) is 3.74. The van der Waals surface area contributed by atoms with Gasteiger partial charge in [0, 0.05) is 22.1 Å². The predicted octanol–water partition coefficient (Wildman–Crippen LogP) is 4.33. The number of fused-ring (bicyclic) bond motifs is 1. The number of carbonyl (C=O) groups is 3. The molecule has 2 bridgehead atoms. The molecule has 0 aromatic heterocycles. The number of rotatable bonds is 12. The van der Waals surface area contributed by atoms with Crippen LogP contribution in [0.1, 0.15) is 18.4 Å². The Labute approximate surface area is 259 Å². The number of anilines is 1. The summed E-state index contributed by atoms with van der Waals surface area (Å²) in [5.74, 6) is -3.17. The first-order valence-electron chi connectivity index (χ1n) is 14.0. The molecule has 0 radical (unpaired) electrons. The number of nitrogens with zero attached hydrogens (tertiary/aromatic N) is 2. The monoisotopic (exact) mass is 656 g/mol. The highest BCUT2D eigenvalue weighted by molar-refractivity contribution is 9.09. The van der Waals surface area contributed by atoms with E-state index in [2.05, 4.69) is 29.1 Å². The van der Waals surface area contributed by atoms with Crippen molar-refractivity contribution < 1.29 is 29.0 Å². The molecular weight excluding hydrogens is 624 g/mol. The minimum Gasteiger partial charge on any atom is -0.465 e. The maximum absolute atomic E-state index is 14.7. The van der Waals surface area contributed by atoms with Crippen molar-refractivity contribution in [3.63, 3.8) is 0 Å². The molecule has 3 fully saturated rings. The van der Waals surface area contributed by atoms with E-state index in [1.165, 1.54) is 9.80 Å². The van der Waals surface area contributed by atoms with Gasteiger partial charge in [0.1, 0.15) is 11.6 Å². The van der Waals surface area contributed by atoms with Gasteiger partial charge in [0.2, 0.25) is 5.91 Å². The molecule has 2 amide bonds. The van der Waals surface area contributed by atoms with Crippen molar-refractivity contribution in [2.24, 2.45) is 11.8 Å². The van der Waals surface area contributed by atoms with E-state index in [-0.39, 0.29) is 30.5 Å². The summed E-state index contributed by atoms with van der Waals surface area (Å²) >= 11 is 9.81. The summed E-state index contributed by atoms with van der Waals surface area (Å²) < 4.78 is 12.1. The van der Waals surface area contributed by atoms with E-state index < -0.39 is 47.5 Å². The third-order valence-electron chi connectivity index (χ3n) is 8.43. The number of halogens is 2. The van der Waals surface area contributed by atoms with Crippen LogP contribution in [0.15, 0.2) is 79.9 Å². The average molecular weight is 658 g/mol. The number of hydrogen-bond acceptors (Lipinski definition) is 6. The smallest absolute Gasteiger partial charge is 0.312 e. The second kappa shape index (κ2) is 12.7. The van der Waals surface area contributed by atoms with Crippen LogP contribution in [0.3, 0.4) is 0 Å². The van der Waals surface area contributed by atoms with Gasteiger partial charge in [0.15, 0.2) is 0 Å². The molecule has 8 nitrogen and oxygen atoms in total. The van der Waals surface area contributed by atoms with Crippen LogP contribution in [0.2, 0.25) is 5.02 Å². The molecular formula is C32H34BrClN2O6. The molecule has 7 atom stereocenters. The van der Waals surface area contributed by atoms with Gasteiger partial charge >= 0.3 is 5.97 Å². The quantitative estimate of drug-likeness (QED) is 0.158. The van der Waals surface area contributed by atoms with Crippen LogP contribution >= 0.6 is 27.5 Å². The zero-order chi connectivity index (χ0) is 30.0. The molecule has 3 heterocycles. The maximum atomic E-state index is 14.7. The fourth-order valence-electron chi connectivity index (χ4n) is 6.71. The lowest BCUT2D eigenvalue weighted by molar-refractivity contribution is -0.155. The molecule has 5 rings (SSSR count). The summed E-state index contributed by atoms with van der Waals surface area (Å²) in [6, 6.07) is 14.5. The van der Waals surface area contributed by atoms with Crippen LogP contribution in [0.5, 0.6) is 0 Å². The molecule has 2 aromatic carbocycles. The molecule has 0 saturated carbocycles. The van der Waals surface area contributed by atoms with E-state index in [1.807, 2.05) is 30.3 Å². The van der Waals surface area contributed by atoms with Crippen LogP contribution < -0.4 is 4.90 Å². The summed E-state index contributed by atoms with van der Waals surface area (Å²) in [4.78, 5) is 45.4. The zero-order valence-corrected chi connectivity index (χ0v) is 25.5. The first kappa shape index (κ1) is 30.5. The number of benzene rings is 2. The van der Waals surface area contributed by atoms with Crippen molar-refractivity contribution in [1.82, 2.24) is 4.90 Å². The number of hydrogen-bond donors (Lipinski definition) is 1. The number of aliphatic hydroxyl groups is 1. The Morgan fingerprint density at radius 3 is 2.55 bits per heavy atom. The number of esters is 1. The molecule has 3 saturated heterocycles. The van der Waals surface area contributed by atoms with Crippen LogP contribution in [-0.2, 0) is 30.3 Å². The Balaban J connectivity index is 1.60. The maximum Gasteiger partial charge on any atom is 0.312 e. The largest absolute Gasteiger partial charge is 0.465 e. The van der Waals surface area contributed by atoms with Crippen LogP contribution in [-0.4, -0.2) is 76.2 Å². The van der Waals surface area contributed by atoms with Crippen LogP contribution in [0, 0.1) is 11.8 Å². The van der Waals surface area contributed by atoms with Crippen molar-refractivity contribution in [1.29, 1.82) is 0 Å². The highest BCUT2D eigenvalue weighted by Crippen LogP contribution is 2.61. The van der Waals surface area contributed by atoms with Gasteiger partial charge in [-0.1, -0.05) is 70.0 Å². The van der Waals surface area contributed by atoms with Gasteiger partial charge < -0.3 is 24.4 Å². The summed E-state index contributed by atoms with van der Waals surface area (Å²) in [5.41, 5.74) is 0.170. The number of likely N-dealkylation sites (tertiary alicyclic amines) is 1. The molecule has 1 N–H and O–H groups in total. The Hall–Kier alpha value is -2.98. The SMILES string of the molecule is C=CCCOC(=O)[C@H]1[C@H]2C(=O)N([C@@H](CO)Cc3ccccc3)C(C(=O)N(CC=C)c3ccc(Cl)cc3)C23CC(Br)[C@@H]1O3. The van der Waals surface area contributed by atoms with Crippen molar-refractivity contribution in [2.75, 3.05) is 24.7 Å². The van der Waals surface area contributed by atoms with E-state index in [0.29, 0.717) is 30.0 Å². The van der Waals surface area contributed by atoms with Gasteiger partial charge in [0.05, 0.1) is 37.2 Å². The molecule has 10 heteroatoms. The number of amides is 2. The minimum atomic E-state index is -1.30. The Kier molecular flexibility index (Phi) is 9.23. The fraction of sp³-hybridized carbons (Fsp3) is 0.406. The Morgan fingerprint density at radius 2 is 1.90 bits per heavy atom. The van der Waals surface area contributed by atoms with Crippen molar-refractivity contribution in [3.05, 3.63) is 90.5 Å². The first-order valence-corrected chi connectivity index (χ1v) is 15.3. The third kappa shape index (κ3) is 5.32. The van der Waals surface area contributed by atoms with Gasteiger partial charge in [-0.05, 0) is 49.1 Å². The minimum absolute atomic E-state index is 0.134. The van der Waals surface area contributed by atoms with Gasteiger partial charge in [0.25, 0.3) is 5.91 Å². The van der Waals surface area contributed by atoms with E-state index >= 15 is 0 Å². The van der Waals surface area contributed by atoms with Gasteiger partial charge in [-0.15, -0.1) is 13.2 Å². The molecule has 42 heavy (non-hydrogen) atoms. The second-order valence-corrected chi connectivity index (χ2v) is 12.5. The second-order valence-electron chi connectivity index (χ2n) is 10.9. The molecule has 3 aliphatic heterocycles. The van der Waals surface area contributed by atoms with Gasteiger partial charge in [-0.2, -0.15) is 0 Å². The Morgan fingerprint density at radius 1 is 1.19 bits per heavy atom. The standard InChI is InChI=1S/C32H34BrClN2O6/c1-3-5-16-41-31(40)25-26-29(38)36(23(19-37)17-20-9-7-6-8-10-20)28(32(26)18-24(33)27(25)42-32)30(39)35(15-4-2)22-13-11-21(34)12-14-22/h3-4,6-14,23-28,37H,1-2,5,15-19H2/t23-,24?,25+,26+,27+,28?,32?/m1/s1.